The number of nitrogens with two attached hydrogens (primary N) is 1. The fourth-order valence-corrected chi connectivity index (χ4v) is 3.19. The molecule has 0 saturated carbocycles. The smallest absolute Gasteiger partial charge is 0.223 e. The number of likely N-dealkylation sites (tertiary alicyclic amines) is 1. The number of carbonyl (C=O) groups excluding carboxylic acids is 1. The second-order valence-corrected chi connectivity index (χ2v) is 6.86. The highest BCUT2D eigenvalue weighted by Crippen LogP contribution is 2.32. The van der Waals surface area contributed by atoms with E-state index in [4.69, 9.17) is 17.3 Å². The molecule has 1 saturated heterocycles. The standard InChI is InChI=1S/C17H25ClN2O/c1-11(2)10-20-16(21)6-4-5-15(19)17(20)13-8-7-12(3)14(18)9-13/h7-9,11,15,17H,4-6,10,19H2,1-3H3. The van der Waals surface area contributed by atoms with E-state index in [9.17, 15) is 4.79 Å². The van der Waals surface area contributed by atoms with Gasteiger partial charge in [-0.1, -0.05) is 37.6 Å². The molecule has 1 fully saturated rings. The van der Waals surface area contributed by atoms with Crippen LogP contribution < -0.4 is 5.73 Å². The first-order valence-electron chi connectivity index (χ1n) is 7.71. The van der Waals surface area contributed by atoms with E-state index in [-0.39, 0.29) is 18.0 Å². The number of aryl methyl sites for hydroxylation is 1. The normalized spacial score (nSPS) is 23.5. The Labute approximate surface area is 132 Å². The highest BCUT2D eigenvalue weighted by atomic mass is 35.5. The summed E-state index contributed by atoms with van der Waals surface area (Å²) in [4.78, 5) is 14.4. The Morgan fingerprint density at radius 1 is 1.43 bits per heavy atom. The van der Waals surface area contributed by atoms with Gasteiger partial charge in [-0.3, -0.25) is 4.79 Å². The molecule has 1 aromatic carbocycles. The number of nitrogens with zero attached hydrogens (tertiary/aromatic N) is 1. The molecule has 2 rings (SSSR count). The topological polar surface area (TPSA) is 46.3 Å². The molecule has 0 aromatic heterocycles. The fourth-order valence-electron chi connectivity index (χ4n) is 3.01. The van der Waals surface area contributed by atoms with Crippen LogP contribution in [0.25, 0.3) is 0 Å². The van der Waals surface area contributed by atoms with Crippen LogP contribution in [0.5, 0.6) is 0 Å². The maximum atomic E-state index is 12.5. The zero-order valence-electron chi connectivity index (χ0n) is 13.1. The Morgan fingerprint density at radius 2 is 2.14 bits per heavy atom. The first-order chi connectivity index (χ1) is 9.90. The van der Waals surface area contributed by atoms with Gasteiger partial charge in [0.1, 0.15) is 0 Å². The molecule has 1 aromatic rings. The molecule has 116 valence electrons. The van der Waals surface area contributed by atoms with Gasteiger partial charge in [-0.25, -0.2) is 0 Å². The highest BCUT2D eigenvalue weighted by molar-refractivity contribution is 6.31. The molecule has 3 nitrogen and oxygen atoms in total. The second-order valence-electron chi connectivity index (χ2n) is 6.45. The molecule has 0 spiro atoms. The van der Waals surface area contributed by atoms with Crippen molar-refractivity contribution in [3.05, 3.63) is 34.3 Å². The van der Waals surface area contributed by atoms with Crippen LogP contribution in [0.3, 0.4) is 0 Å². The Bertz CT molecular complexity index is 516. The largest absolute Gasteiger partial charge is 0.334 e. The summed E-state index contributed by atoms with van der Waals surface area (Å²) in [6, 6.07) is 5.92. The summed E-state index contributed by atoms with van der Waals surface area (Å²) in [5, 5.41) is 0.737. The highest BCUT2D eigenvalue weighted by Gasteiger charge is 2.33. The van der Waals surface area contributed by atoms with Gasteiger partial charge in [0.25, 0.3) is 0 Å². The summed E-state index contributed by atoms with van der Waals surface area (Å²) in [6.07, 6.45) is 2.33. The van der Waals surface area contributed by atoms with Gasteiger partial charge in [-0.05, 0) is 42.9 Å². The van der Waals surface area contributed by atoms with E-state index in [1.807, 2.05) is 24.0 Å². The molecule has 0 bridgehead atoms. The third kappa shape index (κ3) is 3.78. The van der Waals surface area contributed by atoms with E-state index < -0.39 is 0 Å². The number of hydrogen-bond donors (Lipinski definition) is 1. The van der Waals surface area contributed by atoms with Crippen LogP contribution in [0, 0.1) is 12.8 Å². The van der Waals surface area contributed by atoms with Gasteiger partial charge in [-0.15, -0.1) is 0 Å². The minimum Gasteiger partial charge on any atom is -0.334 e. The van der Waals surface area contributed by atoms with Crippen molar-refractivity contribution >= 4 is 17.5 Å². The molecule has 2 atom stereocenters. The van der Waals surface area contributed by atoms with Gasteiger partial charge >= 0.3 is 0 Å². The number of halogens is 1. The molecular formula is C17H25ClN2O. The van der Waals surface area contributed by atoms with Gasteiger partial charge in [0.05, 0.1) is 6.04 Å². The predicted octanol–water partition coefficient (Wildman–Crippen LogP) is 3.69. The fraction of sp³-hybridized carbons (Fsp3) is 0.588. The minimum absolute atomic E-state index is 0.0334. The maximum absolute atomic E-state index is 12.5. The van der Waals surface area contributed by atoms with Crippen LogP contribution in [0.15, 0.2) is 18.2 Å². The molecule has 2 N–H and O–H groups in total. The third-order valence-electron chi connectivity index (χ3n) is 4.09. The van der Waals surface area contributed by atoms with E-state index in [1.54, 1.807) is 0 Å². The molecular weight excluding hydrogens is 284 g/mol. The zero-order chi connectivity index (χ0) is 15.6. The van der Waals surface area contributed by atoms with Crippen molar-refractivity contribution in [2.75, 3.05) is 6.54 Å². The van der Waals surface area contributed by atoms with Crippen LogP contribution in [-0.4, -0.2) is 23.4 Å². The molecule has 4 heteroatoms. The summed E-state index contributed by atoms with van der Waals surface area (Å²) in [6.45, 7) is 6.98. The van der Waals surface area contributed by atoms with E-state index in [0.717, 1.165) is 35.5 Å². The molecule has 2 unspecified atom stereocenters. The van der Waals surface area contributed by atoms with E-state index in [1.165, 1.54) is 0 Å². The van der Waals surface area contributed by atoms with E-state index in [0.29, 0.717) is 12.3 Å². The van der Waals surface area contributed by atoms with E-state index in [2.05, 4.69) is 19.9 Å². The summed E-state index contributed by atoms with van der Waals surface area (Å²) < 4.78 is 0. The van der Waals surface area contributed by atoms with Crippen molar-refractivity contribution in [1.82, 2.24) is 4.90 Å². The third-order valence-corrected chi connectivity index (χ3v) is 4.50. The molecule has 21 heavy (non-hydrogen) atoms. The number of amides is 1. The number of rotatable bonds is 3. The van der Waals surface area contributed by atoms with Crippen molar-refractivity contribution in [2.45, 2.75) is 52.1 Å². The first kappa shape index (κ1) is 16.3. The van der Waals surface area contributed by atoms with Crippen LogP contribution in [-0.2, 0) is 4.79 Å². The van der Waals surface area contributed by atoms with Crippen molar-refractivity contribution in [3.63, 3.8) is 0 Å². The predicted molar refractivity (Wildman–Crippen MR) is 87.3 cm³/mol. The maximum Gasteiger partial charge on any atom is 0.223 e. The van der Waals surface area contributed by atoms with Crippen molar-refractivity contribution in [1.29, 1.82) is 0 Å². The lowest BCUT2D eigenvalue weighted by Crippen LogP contribution is -2.43. The summed E-state index contributed by atoms with van der Waals surface area (Å²) >= 11 is 6.27. The lowest BCUT2D eigenvalue weighted by Gasteiger charge is -2.35. The lowest BCUT2D eigenvalue weighted by atomic mass is 9.95. The van der Waals surface area contributed by atoms with Gasteiger partial charge < -0.3 is 10.6 Å². The molecule has 0 radical (unpaired) electrons. The summed E-state index contributed by atoms with van der Waals surface area (Å²) in [7, 11) is 0. The quantitative estimate of drug-likeness (QED) is 0.925. The lowest BCUT2D eigenvalue weighted by molar-refractivity contribution is -0.133. The van der Waals surface area contributed by atoms with Crippen molar-refractivity contribution in [3.8, 4) is 0 Å². The minimum atomic E-state index is -0.0690. The average molecular weight is 309 g/mol. The van der Waals surface area contributed by atoms with Gasteiger partial charge in [-0.2, -0.15) is 0 Å². The van der Waals surface area contributed by atoms with Crippen molar-refractivity contribution < 1.29 is 4.79 Å². The summed E-state index contributed by atoms with van der Waals surface area (Å²) in [5.41, 5.74) is 8.49. The van der Waals surface area contributed by atoms with Gasteiger partial charge in [0.15, 0.2) is 0 Å². The van der Waals surface area contributed by atoms with Crippen LogP contribution in [0.4, 0.5) is 0 Å². The number of hydrogen-bond acceptors (Lipinski definition) is 2. The first-order valence-corrected chi connectivity index (χ1v) is 8.09. The number of carbonyl (C=O) groups is 1. The monoisotopic (exact) mass is 308 g/mol. The second kappa shape index (κ2) is 6.80. The molecule has 1 aliphatic heterocycles. The van der Waals surface area contributed by atoms with Crippen LogP contribution >= 0.6 is 11.6 Å². The Morgan fingerprint density at radius 3 is 2.76 bits per heavy atom. The number of benzene rings is 1. The average Bonchev–Trinajstić information content (AvgIpc) is 2.53. The molecule has 0 aliphatic carbocycles. The van der Waals surface area contributed by atoms with Crippen LogP contribution in [0.1, 0.15) is 50.3 Å². The Balaban J connectivity index is 2.40. The van der Waals surface area contributed by atoms with E-state index >= 15 is 0 Å². The molecule has 1 amide bonds. The zero-order valence-corrected chi connectivity index (χ0v) is 13.9. The van der Waals surface area contributed by atoms with Crippen molar-refractivity contribution in [2.24, 2.45) is 11.7 Å². The molecule has 1 aliphatic rings. The van der Waals surface area contributed by atoms with Crippen LogP contribution in [0.2, 0.25) is 5.02 Å². The molecule has 1 heterocycles. The van der Waals surface area contributed by atoms with Gasteiger partial charge in [0, 0.05) is 24.0 Å². The SMILES string of the molecule is Cc1ccc(C2C(N)CCCC(=O)N2CC(C)C)cc1Cl. The summed E-state index contributed by atoms with van der Waals surface area (Å²) in [5.74, 6) is 0.626. The van der Waals surface area contributed by atoms with Gasteiger partial charge in [0.2, 0.25) is 5.91 Å². The Kier molecular flexibility index (Phi) is 5.28. The Hall–Kier alpha value is -1.06.